The first kappa shape index (κ1) is 19.9. The molecular formula is C20H13Br3O4. The minimum Gasteiger partial charge on any atom is -0.482 e. The third-order valence-electron chi connectivity index (χ3n) is 3.34. The Bertz CT molecular complexity index is 905. The molecule has 27 heavy (non-hydrogen) atoms. The lowest BCUT2D eigenvalue weighted by molar-refractivity contribution is -0.136. The SMILES string of the molecule is O=C(COc1ccc(Oc2ccccc2)cc1)Oc1c(Br)cc(Br)cc1Br. The minimum absolute atomic E-state index is 0.214. The maximum absolute atomic E-state index is 12.1. The molecule has 0 aromatic heterocycles. The van der Waals surface area contributed by atoms with E-state index in [2.05, 4.69) is 47.8 Å². The van der Waals surface area contributed by atoms with E-state index in [1.165, 1.54) is 0 Å². The topological polar surface area (TPSA) is 44.8 Å². The average Bonchev–Trinajstić information content (AvgIpc) is 2.65. The number of rotatable bonds is 6. The summed E-state index contributed by atoms with van der Waals surface area (Å²) in [5.74, 6) is 1.86. The van der Waals surface area contributed by atoms with Crippen LogP contribution in [0.3, 0.4) is 0 Å². The Kier molecular flexibility index (Phi) is 6.93. The summed E-state index contributed by atoms with van der Waals surface area (Å²) in [5.41, 5.74) is 0. The lowest BCUT2D eigenvalue weighted by Crippen LogP contribution is -2.18. The van der Waals surface area contributed by atoms with Gasteiger partial charge in [0, 0.05) is 4.47 Å². The predicted octanol–water partition coefficient (Wildman–Crippen LogP) is 6.75. The van der Waals surface area contributed by atoms with Crippen molar-refractivity contribution >= 4 is 53.8 Å². The van der Waals surface area contributed by atoms with Crippen LogP contribution in [0.25, 0.3) is 0 Å². The van der Waals surface area contributed by atoms with Crippen LogP contribution in [0.1, 0.15) is 0 Å². The molecule has 0 bridgehead atoms. The van der Waals surface area contributed by atoms with Gasteiger partial charge in [-0.25, -0.2) is 4.79 Å². The fraction of sp³-hybridized carbons (Fsp3) is 0.0500. The lowest BCUT2D eigenvalue weighted by Gasteiger charge is -2.11. The van der Waals surface area contributed by atoms with Crippen molar-refractivity contribution in [2.75, 3.05) is 6.61 Å². The summed E-state index contributed by atoms with van der Waals surface area (Å²) in [6.07, 6.45) is 0. The summed E-state index contributed by atoms with van der Waals surface area (Å²) in [6, 6.07) is 20.1. The van der Waals surface area contributed by atoms with Crippen LogP contribution in [0.4, 0.5) is 0 Å². The smallest absolute Gasteiger partial charge is 0.349 e. The number of ether oxygens (including phenoxy) is 3. The third-order valence-corrected chi connectivity index (χ3v) is 4.97. The van der Waals surface area contributed by atoms with E-state index in [-0.39, 0.29) is 6.61 Å². The Morgan fingerprint density at radius 2 is 1.33 bits per heavy atom. The monoisotopic (exact) mass is 554 g/mol. The zero-order valence-electron chi connectivity index (χ0n) is 13.8. The van der Waals surface area contributed by atoms with E-state index < -0.39 is 5.97 Å². The van der Waals surface area contributed by atoms with E-state index >= 15 is 0 Å². The maximum atomic E-state index is 12.1. The van der Waals surface area contributed by atoms with Gasteiger partial charge in [0.2, 0.25) is 0 Å². The molecule has 0 atom stereocenters. The quantitative estimate of drug-likeness (QED) is 0.249. The molecule has 0 heterocycles. The van der Waals surface area contributed by atoms with Crippen LogP contribution in [-0.2, 0) is 4.79 Å². The van der Waals surface area contributed by atoms with Gasteiger partial charge < -0.3 is 14.2 Å². The summed E-state index contributed by atoms with van der Waals surface area (Å²) in [7, 11) is 0. The summed E-state index contributed by atoms with van der Waals surface area (Å²) >= 11 is 10.1. The molecule has 7 heteroatoms. The molecule has 0 saturated heterocycles. The van der Waals surface area contributed by atoms with Crippen molar-refractivity contribution in [2.24, 2.45) is 0 Å². The highest BCUT2D eigenvalue weighted by molar-refractivity contribution is 9.11. The van der Waals surface area contributed by atoms with E-state index in [0.29, 0.717) is 26.2 Å². The fourth-order valence-electron chi connectivity index (χ4n) is 2.14. The first-order chi connectivity index (χ1) is 13.0. The molecule has 0 radical (unpaired) electrons. The zero-order chi connectivity index (χ0) is 19.2. The van der Waals surface area contributed by atoms with Crippen LogP contribution >= 0.6 is 47.8 Å². The summed E-state index contributed by atoms with van der Waals surface area (Å²) in [5, 5.41) is 0. The molecule has 0 unspecified atom stereocenters. The van der Waals surface area contributed by atoms with Crippen molar-refractivity contribution in [3.05, 3.63) is 80.1 Å². The van der Waals surface area contributed by atoms with E-state index in [9.17, 15) is 4.79 Å². The van der Waals surface area contributed by atoms with Crippen molar-refractivity contribution in [3.63, 3.8) is 0 Å². The van der Waals surface area contributed by atoms with Gasteiger partial charge in [0.15, 0.2) is 12.4 Å². The fourth-order valence-corrected chi connectivity index (χ4v) is 4.56. The molecule has 0 saturated carbocycles. The normalized spacial score (nSPS) is 10.3. The Morgan fingerprint density at radius 1 is 0.778 bits per heavy atom. The van der Waals surface area contributed by atoms with Crippen LogP contribution in [0.5, 0.6) is 23.0 Å². The van der Waals surface area contributed by atoms with Gasteiger partial charge in [0.1, 0.15) is 17.2 Å². The second kappa shape index (κ2) is 9.39. The Balaban J connectivity index is 1.55. The second-order valence-corrected chi connectivity index (χ2v) is 7.97. The van der Waals surface area contributed by atoms with Crippen molar-refractivity contribution in [3.8, 4) is 23.0 Å². The number of hydrogen-bond donors (Lipinski definition) is 0. The molecule has 3 aromatic rings. The van der Waals surface area contributed by atoms with Crippen LogP contribution in [0.2, 0.25) is 0 Å². The number of para-hydroxylation sites is 1. The van der Waals surface area contributed by atoms with Gasteiger partial charge in [0.25, 0.3) is 0 Å². The standard InChI is InChI=1S/C20H13Br3O4/c21-13-10-17(22)20(18(23)11-13)27-19(24)12-25-14-6-8-16(9-7-14)26-15-4-2-1-3-5-15/h1-11H,12H2. The van der Waals surface area contributed by atoms with Gasteiger partial charge in [-0.05, 0) is 80.4 Å². The van der Waals surface area contributed by atoms with Crippen LogP contribution < -0.4 is 14.2 Å². The Hall–Kier alpha value is -1.83. The van der Waals surface area contributed by atoms with Gasteiger partial charge in [-0.3, -0.25) is 0 Å². The predicted molar refractivity (Wildman–Crippen MR) is 114 cm³/mol. The molecular weight excluding hydrogens is 544 g/mol. The molecule has 0 aliphatic rings. The first-order valence-corrected chi connectivity index (χ1v) is 10.2. The van der Waals surface area contributed by atoms with Crippen LogP contribution in [0.15, 0.2) is 80.1 Å². The molecule has 0 aliphatic heterocycles. The van der Waals surface area contributed by atoms with E-state index in [0.717, 1.165) is 10.2 Å². The van der Waals surface area contributed by atoms with E-state index in [1.807, 2.05) is 30.3 Å². The molecule has 0 aliphatic carbocycles. The van der Waals surface area contributed by atoms with Crippen molar-refractivity contribution in [1.82, 2.24) is 0 Å². The van der Waals surface area contributed by atoms with Crippen LogP contribution in [0, 0.1) is 0 Å². The highest BCUT2D eigenvalue weighted by Crippen LogP contribution is 2.36. The van der Waals surface area contributed by atoms with E-state index in [4.69, 9.17) is 14.2 Å². The summed E-state index contributed by atoms with van der Waals surface area (Å²) in [6.45, 7) is -0.214. The number of carbonyl (C=O) groups is 1. The number of benzene rings is 3. The highest BCUT2D eigenvalue weighted by atomic mass is 79.9. The van der Waals surface area contributed by atoms with E-state index in [1.54, 1.807) is 36.4 Å². The van der Waals surface area contributed by atoms with Gasteiger partial charge in [0.05, 0.1) is 8.95 Å². The first-order valence-electron chi connectivity index (χ1n) is 7.82. The highest BCUT2D eigenvalue weighted by Gasteiger charge is 2.13. The van der Waals surface area contributed by atoms with Gasteiger partial charge >= 0.3 is 5.97 Å². The maximum Gasteiger partial charge on any atom is 0.349 e. The van der Waals surface area contributed by atoms with Gasteiger partial charge in [-0.2, -0.15) is 0 Å². The Labute approximate surface area is 181 Å². The summed E-state index contributed by atoms with van der Waals surface area (Å²) < 4.78 is 18.7. The minimum atomic E-state index is -0.511. The van der Waals surface area contributed by atoms with Crippen molar-refractivity contribution in [1.29, 1.82) is 0 Å². The molecule has 0 spiro atoms. The second-order valence-electron chi connectivity index (χ2n) is 5.35. The molecule has 3 rings (SSSR count). The average molecular weight is 557 g/mol. The molecule has 0 N–H and O–H groups in total. The van der Waals surface area contributed by atoms with Gasteiger partial charge in [-0.15, -0.1) is 0 Å². The largest absolute Gasteiger partial charge is 0.482 e. The van der Waals surface area contributed by atoms with Crippen LogP contribution in [-0.4, -0.2) is 12.6 Å². The number of halogens is 3. The molecule has 3 aromatic carbocycles. The molecule has 138 valence electrons. The molecule has 4 nitrogen and oxygen atoms in total. The number of esters is 1. The Morgan fingerprint density at radius 3 is 1.96 bits per heavy atom. The third kappa shape index (κ3) is 5.82. The van der Waals surface area contributed by atoms with Gasteiger partial charge in [-0.1, -0.05) is 34.1 Å². The van der Waals surface area contributed by atoms with Crippen molar-refractivity contribution in [2.45, 2.75) is 0 Å². The molecule has 0 amide bonds. The summed E-state index contributed by atoms with van der Waals surface area (Å²) in [4.78, 5) is 12.1. The lowest BCUT2D eigenvalue weighted by atomic mass is 10.3. The number of carbonyl (C=O) groups excluding carboxylic acids is 1. The zero-order valence-corrected chi connectivity index (χ0v) is 18.6. The number of hydrogen-bond acceptors (Lipinski definition) is 4. The van der Waals surface area contributed by atoms with Crippen molar-refractivity contribution < 1.29 is 19.0 Å². The molecule has 0 fully saturated rings.